The monoisotopic (exact) mass is 531 g/mol. The number of aryl methyl sites for hydroxylation is 1. The normalized spacial score (nSPS) is 14.6. The van der Waals surface area contributed by atoms with Crippen LogP contribution in [-0.4, -0.2) is 29.1 Å². The van der Waals surface area contributed by atoms with E-state index in [2.05, 4.69) is 4.74 Å². The maximum atomic E-state index is 12.8. The molecule has 1 saturated heterocycles. The summed E-state index contributed by atoms with van der Waals surface area (Å²) in [4.78, 5) is 38.1. The van der Waals surface area contributed by atoms with Gasteiger partial charge < -0.3 is 13.9 Å². The lowest BCUT2D eigenvalue weighted by Gasteiger charge is -2.12. The molecule has 1 fully saturated rings. The third-order valence-corrected chi connectivity index (χ3v) is 6.49. The van der Waals surface area contributed by atoms with E-state index in [1.165, 1.54) is 25.3 Å². The van der Waals surface area contributed by atoms with Gasteiger partial charge in [-0.25, -0.2) is 4.79 Å². The Kier molecular flexibility index (Phi) is 7.54. The zero-order valence-electron chi connectivity index (χ0n) is 18.7. The van der Waals surface area contributed by atoms with Crippen LogP contribution in [0.25, 0.3) is 6.08 Å². The molecule has 180 valence electrons. The van der Waals surface area contributed by atoms with Gasteiger partial charge in [0.15, 0.2) is 5.75 Å². The first-order valence-corrected chi connectivity index (χ1v) is 11.9. The molecule has 10 heteroatoms. The highest BCUT2D eigenvalue weighted by atomic mass is 35.5. The number of esters is 1. The molecule has 0 unspecified atom stereocenters. The predicted molar refractivity (Wildman–Crippen MR) is 134 cm³/mol. The fraction of sp³-hybridized carbons (Fsp3) is 0.160. The van der Waals surface area contributed by atoms with E-state index in [0.717, 1.165) is 27.8 Å². The number of rotatable bonds is 7. The summed E-state index contributed by atoms with van der Waals surface area (Å²) in [6, 6.07) is 14.0. The molecule has 7 nitrogen and oxygen atoms in total. The number of hydrogen-bond acceptors (Lipinski definition) is 7. The average Bonchev–Trinajstić information content (AvgIpc) is 3.38. The summed E-state index contributed by atoms with van der Waals surface area (Å²) in [6.07, 6.45) is 1.54. The fourth-order valence-corrected chi connectivity index (χ4v) is 4.83. The molecule has 2 heterocycles. The second kappa shape index (κ2) is 10.6. The van der Waals surface area contributed by atoms with Crippen molar-refractivity contribution in [3.05, 3.63) is 91.7 Å². The van der Waals surface area contributed by atoms with E-state index in [4.69, 9.17) is 32.4 Å². The molecule has 0 spiro atoms. The van der Waals surface area contributed by atoms with Gasteiger partial charge in [0.1, 0.15) is 12.4 Å². The Balaban J connectivity index is 1.48. The Morgan fingerprint density at radius 1 is 1.11 bits per heavy atom. The first-order chi connectivity index (χ1) is 16.7. The van der Waals surface area contributed by atoms with Gasteiger partial charge in [-0.2, -0.15) is 0 Å². The number of imide groups is 1. The predicted octanol–water partition coefficient (Wildman–Crippen LogP) is 6.50. The van der Waals surface area contributed by atoms with Crippen molar-refractivity contribution in [1.82, 2.24) is 4.90 Å². The lowest BCUT2D eigenvalue weighted by molar-refractivity contribution is -0.123. The van der Waals surface area contributed by atoms with E-state index >= 15 is 0 Å². The van der Waals surface area contributed by atoms with Crippen molar-refractivity contribution in [1.29, 1.82) is 0 Å². The number of halogens is 2. The van der Waals surface area contributed by atoms with E-state index in [-0.39, 0.29) is 33.0 Å². The lowest BCUT2D eigenvalue weighted by Crippen LogP contribution is -2.27. The second-order valence-corrected chi connectivity index (χ2v) is 9.42. The molecule has 1 aliphatic rings. The number of carbonyl (C=O) groups excluding carboxylic acids is 3. The van der Waals surface area contributed by atoms with E-state index in [9.17, 15) is 14.4 Å². The third kappa shape index (κ3) is 5.73. The molecule has 0 bridgehead atoms. The molecule has 0 atom stereocenters. The van der Waals surface area contributed by atoms with Crippen LogP contribution in [0, 0.1) is 6.92 Å². The van der Waals surface area contributed by atoms with Crippen molar-refractivity contribution in [2.45, 2.75) is 20.1 Å². The van der Waals surface area contributed by atoms with Crippen molar-refractivity contribution in [2.75, 3.05) is 7.11 Å². The fourth-order valence-electron chi connectivity index (χ4n) is 3.37. The average molecular weight is 532 g/mol. The standard InChI is InChI=1S/C25H19Cl2NO6S/c1-14-4-3-5-15(8-14)13-33-22-18(26)9-16(10-19(22)27)11-21-23(29)28(25(31)35-21)12-17-6-7-20(34-17)24(30)32-2/h3-11H,12-13H2,1-2H3/b21-11+. The van der Waals surface area contributed by atoms with Gasteiger partial charge in [0.2, 0.25) is 5.76 Å². The van der Waals surface area contributed by atoms with Gasteiger partial charge in [-0.15, -0.1) is 0 Å². The largest absolute Gasteiger partial charge is 0.486 e. The third-order valence-electron chi connectivity index (χ3n) is 5.02. The molecule has 0 saturated carbocycles. The van der Waals surface area contributed by atoms with Gasteiger partial charge in [0.05, 0.1) is 28.6 Å². The molecule has 0 N–H and O–H groups in total. The number of thioether (sulfide) groups is 1. The molecule has 2 amide bonds. The van der Waals surface area contributed by atoms with Crippen LogP contribution < -0.4 is 4.74 Å². The Labute approximate surface area is 215 Å². The molecule has 3 aromatic rings. The Hall–Kier alpha value is -3.20. The summed E-state index contributed by atoms with van der Waals surface area (Å²) in [5.74, 6) is -0.554. The number of carbonyl (C=O) groups is 3. The van der Waals surface area contributed by atoms with Gasteiger partial charge in [0, 0.05) is 0 Å². The highest BCUT2D eigenvalue weighted by Gasteiger charge is 2.36. The van der Waals surface area contributed by atoms with Crippen LogP contribution in [0.2, 0.25) is 10.0 Å². The number of hydrogen-bond donors (Lipinski definition) is 0. The number of amides is 2. The van der Waals surface area contributed by atoms with Crippen LogP contribution in [0.4, 0.5) is 4.79 Å². The minimum atomic E-state index is -0.648. The van der Waals surface area contributed by atoms with Gasteiger partial charge >= 0.3 is 5.97 Å². The molecule has 35 heavy (non-hydrogen) atoms. The zero-order valence-corrected chi connectivity index (χ0v) is 21.0. The maximum absolute atomic E-state index is 12.8. The Morgan fingerprint density at radius 3 is 2.54 bits per heavy atom. The van der Waals surface area contributed by atoms with Crippen LogP contribution in [0.5, 0.6) is 5.75 Å². The number of benzene rings is 2. The molecule has 0 aliphatic carbocycles. The summed E-state index contributed by atoms with van der Waals surface area (Å²) < 4.78 is 15.8. The van der Waals surface area contributed by atoms with Gasteiger partial charge in [-0.3, -0.25) is 14.5 Å². The number of ether oxygens (including phenoxy) is 2. The van der Waals surface area contributed by atoms with Crippen LogP contribution >= 0.6 is 35.0 Å². The van der Waals surface area contributed by atoms with Crippen molar-refractivity contribution >= 4 is 58.2 Å². The van der Waals surface area contributed by atoms with Crippen LogP contribution in [0.15, 0.2) is 57.9 Å². The summed E-state index contributed by atoms with van der Waals surface area (Å²) >= 11 is 13.6. The van der Waals surface area contributed by atoms with Gasteiger partial charge in [-0.1, -0.05) is 53.0 Å². The quantitative estimate of drug-likeness (QED) is 0.254. The van der Waals surface area contributed by atoms with E-state index in [1.54, 1.807) is 12.1 Å². The number of nitrogens with zero attached hydrogens (tertiary/aromatic N) is 1. The van der Waals surface area contributed by atoms with E-state index < -0.39 is 17.1 Å². The topological polar surface area (TPSA) is 86.0 Å². The van der Waals surface area contributed by atoms with E-state index in [1.807, 2.05) is 31.2 Å². The first kappa shape index (κ1) is 24.9. The Morgan fingerprint density at radius 2 is 1.86 bits per heavy atom. The minimum Gasteiger partial charge on any atom is -0.486 e. The molecular weight excluding hydrogens is 513 g/mol. The maximum Gasteiger partial charge on any atom is 0.373 e. The molecule has 2 aromatic carbocycles. The van der Waals surface area contributed by atoms with Crippen LogP contribution in [-0.2, 0) is 22.7 Å². The minimum absolute atomic E-state index is 0.0148. The molecule has 0 radical (unpaired) electrons. The van der Waals surface area contributed by atoms with Gasteiger partial charge in [-0.05, 0) is 60.2 Å². The van der Waals surface area contributed by atoms with Crippen molar-refractivity contribution in [3.63, 3.8) is 0 Å². The molecule has 4 rings (SSSR count). The molecule has 1 aliphatic heterocycles. The van der Waals surface area contributed by atoms with Crippen LogP contribution in [0.1, 0.15) is 33.0 Å². The SMILES string of the molecule is COC(=O)c1ccc(CN2C(=O)S/C(=C/c3cc(Cl)c(OCc4cccc(C)c4)c(Cl)c3)C2=O)o1. The smallest absolute Gasteiger partial charge is 0.373 e. The van der Waals surface area contributed by atoms with Crippen molar-refractivity contribution in [3.8, 4) is 5.75 Å². The Bertz CT molecular complexity index is 1330. The summed E-state index contributed by atoms with van der Waals surface area (Å²) in [7, 11) is 1.23. The summed E-state index contributed by atoms with van der Waals surface area (Å²) in [5, 5.41) is 0.0932. The molecular formula is C25H19Cl2NO6S. The highest BCUT2D eigenvalue weighted by Crippen LogP contribution is 2.38. The zero-order chi connectivity index (χ0) is 25.1. The number of furan rings is 1. The highest BCUT2D eigenvalue weighted by molar-refractivity contribution is 8.18. The van der Waals surface area contributed by atoms with Crippen LogP contribution in [0.3, 0.4) is 0 Å². The van der Waals surface area contributed by atoms with Gasteiger partial charge in [0.25, 0.3) is 11.1 Å². The number of methoxy groups -OCH3 is 1. The summed E-state index contributed by atoms with van der Waals surface area (Å²) in [5.41, 5.74) is 2.63. The molecule has 1 aromatic heterocycles. The van der Waals surface area contributed by atoms with Crippen molar-refractivity contribution < 1.29 is 28.3 Å². The van der Waals surface area contributed by atoms with Crippen molar-refractivity contribution in [2.24, 2.45) is 0 Å². The summed E-state index contributed by atoms with van der Waals surface area (Å²) in [6.45, 7) is 2.17. The lowest BCUT2D eigenvalue weighted by atomic mass is 10.1. The second-order valence-electron chi connectivity index (χ2n) is 7.62. The first-order valence-electron chi connectivity index (χ1n) is 10.3. The van der Waals surface area contributed by atoms with E-state index in [0.29, 0.717) is 17.9 Å².